The molecule has 0 saturated carbocycles. The second-order valence-electron chi connectivity index (χ2n) is 6.18. The maximum atomic E-state index is 14.5. The van der Waals surface area contributed by atoms with Gasteiger partial charge in [0, 0.05) is 12.0 Å². The summed E-state index contributed by atoms with van der Waals surface area (Å²) in [6.45, 7) is -0.0672. The molecule has 1 aliphatic heterocycles. The summed E-state index contributed by atoms with van der Waals surface area (Å²) < 4.78 is 84.5. The summed E-state index contributed by atoms with van der Waals surface area (Å²) in [7, 11) is -4.46. The molecule has 1 heterocycles. The minimum atomic E-state index is -5.93. The lowest BCUT2D eigenvalue weighted by Crippen LogP contribution is -2.36. The van der Waals surface area contributed by atoms with Crippen molar-refractivity contribution in [3.8, 4) is 11.5 Å². The lowest BCUT2D eigenvalue weighted by Gasteiger charge is -2.31. The monoisotopic (exact) mass is 433 g/mol. The zero-order valence-corrected chi connectivity index (χ0v) is 15.8. The van der Waals surface area contributed by atoms with Crippen LogP contribution in [0.1, 0.15) is 17.5 Å². The van der Waals surface area contributed by atoms with Crippen molar-refractivity contribution in [3.63, 3.8) is 0 Å². The summed E-state index contributed by atoms with van der Waals surface area (Å²) in [5.74, 6) is -1.43. The molecule has 0 saturated heterocycles. The van der Waals surface area contributed by atoms with Crippen molar-refractivity contribution in [2.45, 2.75) is 24.9 Å². The first-order chi connectivity index (χ1) is 13.5. The van der Waals surface area contributed by atoms with Crippen molar-refractivity contribution in [3.05, 3.63) is 53.3 Å². The van der Waals surface area contributed by atoms with Crippen LogP contribution in [0.3, 0.4) is 0 Å². The lowest BCUT2D eigenvalue weighted by molar-refractivity contribution is -0.119. The number of methoxy groups -OCH3 is 1. The molecule has 11 heteroatoms. The predicted octanol–water partition coefficient (Wildman–Crippen LogP) is 3.54. The molecule has 0 spiro atoms. The fourth-order valence-corrected chi connectivity index (χ4v) is 3.43. The van der Waals surface area contributed by atoms with E-state index in [1.807, 2.05) is 0 Å². The normalized spacial score (nSPS) is 14.5. The third-order valence-corrected chi connectivity index (χ3v) is 5.30. The van der Waals surface area contributed by atoms with Crippen molar-refractivity contribution in [1.29, 1.82) is 0 Å². The number of carbonyl (C=O) groups is 1. The molecule has 2 aromatic carbocycles. The minimum absolute atomic E-state index is 0.0672. The van der Waals surface area contributed by atoms with E-state index in [0.29, 0.717) is 11.3 Å². The molecule has 29 heavy (non-hydrogen) atoms. The number of anilines is 1. The SMILES string of the molecule is COc1ccc(CN2C(=O)CCc3c(OS(=O)(=O)C(F)(F)F)ccc(F)c32)cc1. The van der Waals surface area contributed by atoms with Crippen molar-refractivity contribution in [2.75, 3.05) is 12.0 Å². The number of nitrogens with zero attached hydrogens (tertiary/aromatic N) is 1. The number of rotatable bonds is 5. The number of halogens is 4. The van der Waals surface area contributed by atoms with Gasteiger partial charge in [0.15, 0.2) is 0 Å². The first-order valence-corrected chi connectivity index (χ1v) is 9.70. The Morgan fingerprint density at radius 1 is 1.07 bits per heavy atom. The molecule has 1 aliphatic rings. The smallest absolute Gasteiger partial charge is 0.497 e. The Hall–Kier alpha value is -2.82. The van der Waals surface area contributed by atoms with Gasteiger partial charge in [-0.3, -0.25) is 4.79 Å². The van der Waals surface area contributed by atoms with Gasteiger partial charge in [0.1, 0.15) is 17.3 Å². The minimum Gasteiger partial charge on any atom is -0.497 e. The molecule has 156 valence electrons. The number of alkyl halides is 3. The van der Waals surface area contributed by atoms with E-state index in [-0.39, 0.29) is 30.6 Å². The van der Waals surface area contributed by atoms with Gasteiger partial charge >= 0.3 is 15.6 Å². The second-order valence-corrected chi connectivity index (χ2v) is 7.72. The average Bonchev–Trinajstić information content (AvgIpc) is 2.65. The number of benzene rings is 2. The molecule has 1 amide bonds. The van der Waals surface area contributed by atoms with E-state index in [4.69, 9.17) is 4.74 Å². The van der Waals surface area contributed by atoms with Crippen LogP contribution in [0.25, 0.3) is 0 Å². The van der Waals surface area contributed by atoms with E-state index in [9.17, 15) is 30.8 Å². The highest BCUT2D eigenvalue weighted by molar-refractivity contribution is 7.88. The van der Waals surface area contributed by atoms with E-state index >= 15 is 0 Å². The van der Waals surface area contributed by atoms with Crippen molar-refractivity contribution >= 4 is 21.7 Å². The van der Waals surface area contributed by atoms with Gasteiger partial charge in [0.25, 0.3) is 0 Å². The van der Waals surface area contributed by atoms with E-state index in [1.165, 1.54) is 7.11 Å². The fourth-order valence-electron chi connectivity index (χ4n) is 2.94. The molecule has 0 bridgehead atoms. The summed E-state index contributed by atoms with van der Waals surface area (Å²) in [5, 5.41) is 0. The van der Waals surface area contributed by atoms with E-state index in [0.717, 1.165) is 17.0 Å². The quantitative estimate of drug-likeness (QED) is 0.410. The summed E-state index contributed by atoms with van der Waals surface area (Å²) in [6.07, 6.45) is -0.303. The van der Waals surface area contributed by atoms with Crippen LogP contribution in [0.15, 0.2) is 36.4 Å². The zero-order chi connectivity index (χ0) is 21.4. The summed E-state index contributed by atoms with van der Waals surface area (Å²) >= 11 is 0. The third kappa shape index (κ3) is 4.14. The molecule has 0 atom stereocenters. The van der Waals surface area contributed by atoms with Crippen LogP contribution in [0.5, 0.6) is 11.5 Å². The molecule has 0 fully saturated rings. The first-order valence-electron chi connectivity index (χ1n) is 8.29. The Labute approximate surface area is 163 Å². The maximum absolute atomic E-state index is 14.5. The third-order valence-electron chi connectivity index (χ3n) is 4.33. The van der Waals surface area contributed by atoms with E-state index in [1.54, 1.807) is 24.3 Å². The molecule has 0 aromatic heterocycles. The molecule has 2 aromatic rings. The van der Waals surface area contributed by atoms with Gasteiger partial charge < -0.3 is 13.8 Å². The van der Waals surface area contributed by atoms with Crippen LogP contribution in [0.4, 0.5) is 23.2 Å². The molecular weight excluding hydrogens is 418 g/mol. The van der Waals surface area contributed by atoms with E-state index in [2.05, 4.69) is 4.18 Å². The van der Waals surface area contributed by atoms with Crippen LogP contribution in [0, 0.1) is 5.82 Å². The Bertz CT molecular complexity index is 1040. The Kier molecular flexibility index (Phi) is 5.44. The number of fused-ring (bicyclic) bond motifs is 1. The number of hydrogen-bond donors (Lipinski definition) is 0. The molecule has 6 nitrogen and oxygen atoms in total. The van der Waals surface area contributed by atoms with Gasteiger partial charge in [-0.1, -0.05) is 12.1 Å². The van der Waals surface area contributed by atoms with Gasteiger partial charge in [0.05, 0.1) is 19.3 Å². The number of amides is 1. The van der Waals surface area contributed by atoms with Crippen LogP contribution < -0.4 is 13.8 Å². The Balaban J connectivity index is 2.00. The van der Waals surface area contributed by atoms with Gasteiger partial charge in [-0.05, 0) is 36.2 Å². The van der Waals surface area contributed by atoms with Crippen LogP contribution in [0.2, 0.25) is 0 Å². The first kappa shape index (κ1) is 20.9. The topological polar surface area (TPSA) is 72.9 Å². The largest absolute Gasteiger partial charge is 0.534 e. The number of carbonyl (C=O) groups excluding carboxylic acids is 1. The molecule has 3 rings (SSSR count). The fraction of sp³-hybridized carbons (Fsp3) is 0.278. The van der Waals surface area contributed by atoms with Gasteiger partial charge in [-0.15, -0.1) is 0 Å². The van der Waals surface area contributed by atoms with Crippen molar-refractivity contribution in [1.82, 2.24) is 0 Å². The summed E-state index contributed by atoms with van der Waals surface area (Å²) in [6, 6.07) is 8.13. The van der Waals surface area contributed by atoms with Gasteiger partial charge in [-0.25, -0.2) is 4.39 Å². The van der Waals surface area contributed by atoms with Crippen LogP contribution in [-0.2, 0) is 27.9 Å². The Morgan fingerprint density at radius 3 is 2.31 bits per heavy atom. The highest BCUT2D eigenvalue weighted by Crippen LogP contribution is 2.39. The Morgan fingerprint density at radius 2 is 1.72 bits per heavy atom. The highest BCUT2D eigenvalue weighted by atomic mass is 32.2. The molecule has 0 radical (unpaired) electrons. The molecule has 0 N–H and O–H groups in total. The lowest BCUT2D eigenvalue weighted by atomic mass is 9.99. The van der Waals surface area contributed by atoms with Crippen molar-refractivity contribution < 1.29 is 39.7 Å². The van der Waals surface area contributed by atoms with Crippen molar-refractivity contribution in [2.24, 2.45) is 0 Å². The summed E-state index contributed by atoms with van der Waals surface area (Å²) in [5.41, 5.74) is -5.44. The molecule has 0 unspecified atom stereocenters. The number of ether oxygens (including phenoxy) is 1. The molecular formula is C18H15F4NO5S. The second kappa shape index (κ2) is 7.54. The highest BCUT2D eigenvalue weighted by Gasteiger charge is 2.49. The maximum Gasteiger partial charge on any atom is 0.534 e. The van der Waals surface area contributed by atoms with Gasteiger partial charge in [-0.2, -0.15) is 21.6 Å². The van der Waals surface area contributed by atoms with Gasteiger partial charge in [0.2, 0.25) is 5.91 Å². The predicted molar refractivity (Wildman–Crippen MR) is 94.5 cm³/mol. The summed E-state index contributed by atoms with van der Waals surface area (Å²) in [4.78, 5) is 13.4. The average molecular weight is 433 g/mol. The molecule has 0 aliphatic carbocycles. The van der Waals surface area contributed by atoms with E-state index < -0.39 is 33.1 Å². The zero-order valence-electron chi connectivity index (χ0n) is 15.0. The van der Waals surface area contributed by atoms with Crippen LogP contribution in [-0.4, -0.2) is 26.9 Å². The number of hydrogen-bond acceptors (Lipinski definition) is 5. The standard InChI is InChI=1S/C18H15F4NO5S/c1-27-12-4-2-11(3-5-12)10-23-16(24)9-6-13-15(8-7-14(19)17(13)23)28-29(25,26)18(20,21)22/h2-5,7-8H,6,9-10H2,1H3. The van der Waals surface area contributed by atoms with Crippen LogP contribution >= 0.6 is 0 Å².